The van der Waals surface area contributed by atoms with Gasteiger partial charge in [0.1, 0.15) is 0 Å². The average molecular weight is 142 g/mol. The summed E-state index contributed by atoms with van der Waals surface area (Å²) in [5.41, 5.74) is 1.52. The third-order valence-electron chi connectivity index (χ3n) is 1.68. The van der Waals surface area contributed by atoms with Gasteiger partial charge >= 0.3 is 0 Å². The molecule has 0 aromatic rings. The molecule has 52 valence electrons. The van der Waals surface area contributed by atoms with E-state index in [1.54, 1.807) is 4.91 Å². The van der Waals surface area contributed by atoms with Crippen LogP contribution in [0.4, 0.5) is 0 Å². The normalized spacial score (nSPS) is 27.0. The fourth-order valence-corrected chi connectivity index (χ4v) is 2.26. The van der Waals surface area contributed by atoms with Gasteiger partial charge in [-0.1, -0.05) is 12.5 Å². The second kappa shape index (κ2) is 2.78. The number of hydrogen-bond donors (Lipinski definition) is 0. The maximum Gasteiger partial charge on any atom is 0.00661 e. The molecule has 0 aliphatic carbocycles. The van der Waals surface area contributed by atoms with Crippen molar-refractivity contribution >= 4 is 11.8 Å². The highest BCUT2D eigenvalue weighted by molar-refractivity contribution is 8.03. The molecule has 1 heterocycles. The standard InChI is InChI=1S/C8H14S/c1-6(2)8-5-4-7(3)9-8/h7H,4-5H2,1-3H3. The first-order valence-corrected chi connectivity index (χ1v) is 4.41. The van der Waals surface area contributed by atoms with Gasteiger partial charge in [0.05, 0.1) is 0 Å². The fraction of sp³-hybridized carbons (Fsp3) is 0.750. The van der Waals surface area contributed by atoms with Gasteiger partial charge < -0.3 is 0 Å². The molecule has 0 spiro atoms. The molecule has 9 heavy (non-hydrogen) atoms. The average Bonchev–Trinajstić information content (AvgIpc) is 2.14. The molecule has 0 nitrogen and oxygen atoms in total. The van der Waals surface area contributed by atoms with Crippen molar-refractivity contribution in [1.82, 2.24) is 0 Å². The monoisotopic (exact) mass is 142 g/mol. The molecule has 1 saturated heterocycles. The number of rotatable bonds is 0. The van der Waals surface area contributed by atoms with Crippen molar-refractivity contribution in [3.05, 3.63) is 10.5 Å². The quantitative estimate of drug-likeness (QED) is 0.500. The summed E-state index contributed by atoms with van der Waals surface area (Å²) in [6.07, 6.45) is 2.71. The van der Waals surface area contributed by atoms with Crippen molar-refractivity contribution in [2.45, 2.75) is 38.9 Å². The second-order valence-corrected chi connectivity index (χ2v) is 4.42. The van der Waals surface area contributed by atoms with Gasteiger partial charge in [-0.25, -0.2) is 0 Å². The van der Waals surface area contributed by atoms with Crippen molar-refractivity contribution < 1.29 is 0 Å². The molecule has 1 unspecified atom stereocenters. The lowest BCUT2D eigenvalue weighted by molar-refractivity contribution is 0.857. The lowest BCUT2D eigenvalue weighted by Crippen LogP contribution is -1.82. The molecule has 0 aromatic carbocycles. The lowest BCUT2D eigenvalue weighted by atomic mass is 10.2. The van der Waals surface area contributed by atoms with Crippen LogP contribution in [0.1, 0.15) is 33.6 Å². The molecule has 1 aliphatic rings. The van der Waals surface area contributed by atoms with Gasteiger partial charge in [-0.2, -0.15) is 0 Å². The van der Waals surface area contributed by atoms with Crippen LogP contribution >= 0.6 is 11.8 Å². The van der Waals surface area contributed by atoms with Crippen molar-refractivity contribution in [1.29, 1.82) is 0 Å². The van der Waals surface area contributed by atoms with E-state index in [9.17, 15) is 0 Å². The summed E-state index contributed by atoms with van der Waals surface area (Å²) >= 11 is 2.05. The Morgan fingerprint density at radius 1 is 1.56 bits per heavy atom. The zero-order chi connectivity index (χ0) is 6.85. The molecule has 0 amide bonds. The Balaban J connectivity index is 2.58. The Morgan fingerprint density at radius 2 is 2.22 bits per heavy atom. The van der Waals surface area contributed by atoms with E-state index in [0.717, 1.165) is 5.25 Å². The van der Waals surface area contributed by atoms with Crippen LogP contribution in [0.25, 0.3) is 0 Å². The lowest BCUT2D eigenvalue weighted by Gasteiger charge is -1.97. The molecule has 1 rings (SSSR count). The predicted octanol–water partition coefficient (Wildman–Crippen LogP) is 3.20. The molecule has 0 bridgehead atoms. The highest BCUT2D eigenvalue weighted by atomic mass is 32.2. The highest BCUT2D eigenvalue weighted by Crippen LogP contribution is 2.38. The molecule has 1 heteroatoms. The molecular weight excluding hydrogens is 128 g/mol. The van der Waals surface area contributed by atoms with Crippen LogP contribution in [-0.2, 0) is 0 Å². The minimum absolute atomic E-state index is 0.870. The van der Waals surface area contributed by atoms with E-state index in [0.29, 0.717) is 0 Å². The molecule has 0 aromatic heterocycles. The van der Waals surface area contributed by atoms with Gasteiger partial charge in [-0.15, -0.1) is 11.8 Å². The number of allylic oxidation sites excluding steroid dienone is 2. The summed E-state index contributed by atoms with van der Waals surface area (Å²) in [7, 11) is 0. The summed E-state index contributed by atoms with van der Waals surface area (Å²) in [6, 6.07) is 0. The van der Waals surface area contributed by atoms with E-state index in [4.69, 9.17) is 0 Å². The molecular formula is C8H14S. The van der Waals surface area contributed by atoms with E-state index in [-0.39, 0.29) is 0 Å². The first kappa shape index (κ1) is 7.20. The van der Waals surface area contributed by atoms with Crippen LogP contribution in [0.2, 0.25) is 0 Å². The van der Waals surface area contributed by atoms with Crippen LogP contribution in [-0.4, -0.2) is 5.25 Å². The third-order valence-corrected chi connectivity index (χ3v) is 3.21. The van der Waals surface area contributed by atoms with Gasteiger partial charge in [0.2, 0.25) is 0 Å². The Morgan fingerprint density at radius 3 is 2.44 bits per heavy atom. The zero-order valence-corrected chi connectivity index (χ0v) is 7.22. The molecule has 1 atom stereocenters. The van der Waals surface area contributed by atoms with E-state index >= 15 is 0 Å². The summed E-state index contributed by atoms with van der Waals surface area (Å²) in [5, 5.41) is 0.870. The van der Waals surface area contributed by atoms with Crippen LogP contribution < -0.4 is 0 Å². The molecule has 0 radical (unpaired) electrons. The zero-order valence-electron chi connectivity index (χ0n) is 6.40. The smallest absolute Gasteiger partial charge is 0.00661 e. The van der Waals surface area contributed by atoms with Crippen molar-refractivity contribution in [2.75, 3.05) is 0 Å². The maximum atomic E-state index is 2.31. The van der Waals surface area contributed by atoms with E-state index in [1.165, 1.54) is 18.4 Å². The summed E-state index contributed by atoms with van der Waals surface area (Å²) in [4.78, 5) is 1.63. The summed E-state index contributed by atoms with van der Waals surface area (Å²) in [5.74, 6) is 0. The van der Waals surface area contributed by atoms with Gasteiger partial charge in [-0.05, 0) is 31.6 Å². The SMILES string of the molecule is CC(C)=C1CCC(C)S1. The fourth-order valence-electron chi connectivity index (χ4n) is 1.06. The van der Waals surface area contributed by atoms with Gasteiger partial charge in [0.25, 0.3) is 0 Å². The number of hydrogen-bond acceptors (Lipinski definition) is 1. The molecule has 0 saturated carbocycles. The minimum Gasteiger partial charge on any atom is -0.128 e. The predicted molar refractivity (Wildman–Crippen MR) is 44.7 cm³/mol. The number of thioether (sulfide) groups is 1. The topological polar surface area (TPSA) is 0 Å². The van der Waals surface area contributed by atoms with Crippen molar-refractivity contribution in [3.8, 4) is 0 Å². The van der Waals surface area contributed by atoms with Crippen LogP contribution in [0.15, 0.2) is 10.5 Å². The Kier molecular flexibility index (Phi) is 2.23. The Labute approximate surface area is 61.7 Å². The van der Waals surface area contributed by atoms with E-state index in [2.05, 4.69) is 32.5 Å². The van der Waals surface area contributed by atoms with Crippen LogP contribution in [0.5, 0.6) is 0 Å². The molecule has 0 N–H and O–H groups in total. The van der Waals surface area contributed by atoms with Crippen LogP contribution in [0, 0.1) is 0 Å². The Hall–Kier alpha value is 0.0900. The first-order valence-electron chi connectivity index (χ1n) is 3.53. The molecule has 1 fully saturated rings. The van der Waals surface area contributed by atoms with Gasteiger partial charge in [0.15, 0.2) is 0 Å². The highest BCUT2D eigenvalue weighted by Gasteiger charge is 2.15. The first-order chi connectivity index (χ1) is 4.20. The molecule has 1 aliphatic heterocycles. The van der Waals surface area contributed by atoms with E-state index in [1.807, 2.05) is 0 Å². The second-order valence-electron chi connectivity index (χ2n) is 2.89. The largest absolute Gasteiger partial charge is 0.128 e. The summed E-state index contributed by atoms with van der Waals surface area (Å²) < 4.78 is 0. The van der Waals surface area contributed by atoms with Gasteiger partial charge in [0, 0.05) is 5.25 Å². The third kappa shape index (κ3) is 1.75. The summed E-state index contributed by atoms with van der Waals surface area (Å²) in [6.45, 7) is 6.72. The van der Waals surface area contributed by atoms with E-state index < -0.39 is 0 Å². The van der Waals surface area contributed by atoms with Gasteiger partial charge in [-0.3, -0.25) is 0 Å². The minimum atomic E-state index is 0.870. The van der Waals surface area contributed by atoms with Crippen molar-refractivity contribution in [2.24, 2.45) is 0 Å². The van der Waals surface area contributed by atoms with Crippen molar-refractivity contribution in [3.63, 3.8) is 0 Å². The van der Waals surface area contributed by atoms with Crippen LogP contribution in [0.3, 0.4) is 0 Å². The maximum absolute atomic E-state index is 2.31. The Bertz CT molecular complexity index is 132.